The van der Waals surface area contributed by atoms with Crippen LogP contribution >= 0.6 is 0 Å². The molecular formula is C26H40N2O. The van der Waals surface area contributed by atoms with Gasteiger partial charge in [0.25, 0.3) is 0 Å². The molecule has 0 aliphatic rings. The van der Waals surface area contributed by atoms with Crippen molar-refractivity contribution in [2.45, 2.75) is 53.4 Å². The summed E-state index contributed by atoms with van der Waals surface area (Å²) in [5.41, 5.74) is 8.11. The molecule has 0 atom stereocenters. The van der Waals surface area contributed by atoms with Gasteiger partial charge in [-0.1, -0.05) is 36.4 Å². The Morgan fingerprint density at radius 3 is 1.62 bits per heavy atom. The van der Waals surface area contributed by atoms with Crippen LogP contribution in [0.5, 0.6) is 0 Å². The molecule has 2 aromatic rings. The van der Waals surface area contributed by atoms with E-state index in [0.29, 0.717) is 6.42 Å². The van der Waals surface area contributed by atoms with Crippen LogP contribution < -0.4 is 0 Å². The molecule has 0 radical (unpaired) electrons. The average molecular weight is 397 g/mol. The molecule has 1 amide bonds. The molecule has 0 N–H and O–H groups in total. The van der Waals surface area contributed by atoms with Crippen LogP contribution in [0.2, 0.25) is 0 Å². The van der Waals surface area contributed by atoms with E-state index in [4.69, 9.17) is 0 Å². The van der Waals surface area contributed by atoms with Crippen molar-refractivity contribution in [1.29, 1.82) is 0 Å². The maximum Gasteiger partial charge on any atom is 0.222 e. The maximum atomic E-state index is 11.4. The highest BCUT2D eigenvalue weighted by molar-refractivity contribution is 5.75. The van der Waals surface area contributed by atoms with Gasteiger partial charge in [-0.05, 0) is 101 Å². The lowest BCUT2D eigenvalue weighted by Crippen LogP contribution is -2.21. The lowest BCUT2D eigenvalue weighted by Gasteiger charge is -2.10. The lowest BCUT2D eigenvalue weighted by molar-refractivity contribution is -0.128. The predicted molar refractivity (Wildman–Crippen MR) is 126 cm³/mol. The SMILES string of the molecule is Cc1ccc(CCC(=O)N(C)C)cc1C.Cc1ccc(CCCN(C)C)cc1C. The van der Waals surface area contributed by atoms with Crippen molar-refractivity contribution in [1.82, 2.24) is 9.80 Å². The van der Waals surface area contributed by atoms with Crippen molar-refractivity contribution in [3.8, 4) is 0 Å². The number of carbonyl (C=O) groups excluding carboxylic acids is 1. The van der Waals surface area contributed by atoms with Crippen LogP contribution in [0.4, 0.5) is 0 Å². The van der Waals surface area contributed by atoms with E-state index in [9.17, 15) is 4.79 Å². The molecule has 0 aliphatic heterocycles. The zero-order valence-electron chi connectivity index (χ0n) is 19.8. The van der Waals surface area contributed by atoms with Crippen LogP contribution in [0.3, 0.4) is 0 Å². The second-order valence-electron chi connectivity index (χ2n) is 8.53. The summed E-state index contributed by atoms with van der Waals surface area (Å²) in [5, 5.41) is 0. The summed E-state index contributed by atoms with van der Waals surface area (Å²) in [6.07, 6.45) is 3.86. The second kappa shape index (κ2) is 12.4. The number of aryl methyl sites for hydroxylation is 6. The van der Waals surface area contributed by atoms with Crippen molar-refractivity contribution in [3.63, 3.8) is 0 Å². The van der Waals surface area contributed by atoms with Gasteiger partial charge >= 0.3 is 0 Å². The topological polar surface area (TPSA) is 23.6 Å². The molecule has 2 rings (SSSR count). The molecule has 0 bridgehead atoms. The Morgan fingerprint density at radius 1 is 0.724 bits per heavy atom. The molecule has 3 nitrogen and oxygen atoms in total. The van der Waals surface area contributed by atoms with Crippen LogP contribution in [0.1, 0.15) is 46.2 Å². The summed E-state index contributed by atoms with van der Waals surface area (Å²) in [5.74, 6) is 0.188. The van der Waals surface area contributed by atoms with E-state index in [1.165, 1.54) is 52.8 Å². The fraction of sp³-hybridized carbons (Fsp3) is 0.500. The monoisotopic (exact) mass is 396 g/mol. The molecule has 0 heterocycles. The van der Waals surface area contributed by atoms with Crippen molar-refractivity contribution in [2.75, 3.05) is 34.7 Å². The van der Waals surface area contributed by atoms with E-state index >= 15 is 0 Å². The molecular weight excluding hydrogens is 356 g/mol. The number of amides is 1. The maximum absolute atomic E-state index is 11.4. The smallest absolute Gasteiger partial charge is 0.222 e. The Bertz CT molecular complexity index is 778. The normalized spacial score (nSPS) is 10.5. The van der Waals surface area contributed by atoms with Gasteiger partial charge in [0.15, 0.2) is 0 Å². The zero-order valence-corrected chi connectivity index (χ0v) is 19.8. The van der Waals surface area contributed by atoms with Crippen LogP contribution in [0, 0.1) is 27.7 Å². The van der Waals surface area contributed by atoms with Gasteiger partial charge in [0.1, 0.15) is 0 Å². The summed E-state index contributed by atoms with van der Waals surface area (Å²) in [6.45, 7) is 9.73. The number of benzene rings is 2. The second-order valence-corrected chi connectivity index (χ2v) is 8.53. The largest absolute Gasteiger partial charge is 0.349 e. The van der Waals surface area contributed by atoms with Crippen molar-refractivity contribution >= 4 is 5.91 Å². The molecule has 0 fully saturated rings. The summed E-state index contributed by atoms with van der Waals surface area (Å²) in [7, 11) is 7.84. The molecule has 0 saturated carbocycles. The highest BCUT2D eigenvalue weighted by Gasteiger charge is 2.04. The van der Waals surface area contributed by atoms with Gasteiger partial charge in [0, 0.05) is 20.5 Å². The molecule has 0 aliphatic carbocycles. The first-order chi connectivity index (χ1) is 13.6. The van der Waals surface area contributed by atoms with Gasteiger partial charge in [-0.25, -0.2) is 0 Å². The van der Waals surface area contributed by atoms with Gasteiger partial charge in [-0.15, -0.1) is 0 Å². The van der Waals surface area contributed by atoms with Gasteiger partial charge in [0.2, 0.25) is 5.91 Å². The summed E-state index contributed by atoms with van der Waals surface area (Å²) in [6, 6.07) is 13.2. The third-order valence-electron chi connectivity index (χ3n) is 5.34. The van der Waals surface area contributed by atoms with Crippen LogP contribution in [0.15, 0.2) is 36.4 Å². The van der Waals surface area contributed by atoms with E-state index in [1.54, 1.807) is 19.0 Å². The third kappa shape index (κ3) is 9.76. The molecule has 0 unspecified atom stereocenters. The first-order valence-electron chi connectivity index (χ1n) is 10.6. The molecule has 0 saturated heterocycles. The van der Waals surface area contributed by atoms with E-state index in [-0.39, 0.29) is 5.91 Å². The van der Waals surface area contributed by atoms with E-state index in [0.717, 1.165) is 6.42 Å². The molecule has 160 valence electrons. The Morgan fingerprint density at radius 2 is 1.21 bits per heavy atom. The quantitative estimate of drug-likeness (QED) is 0.648. The number of carbonyl (C=O) groups is 1. The van der Waals surface area contributed by atoms with Crippen LogP contribution in [0.25, 0.3) is 0 Å². The van der Waals surface area contributed by atoms with Gasteiger partial charge in [-0.3, -0.25) is 4.79 Å². The van der Waals surface area contributed by atoms with Crippen molar-refractivity contribution in [2.24, 2.45) is 0 Å². The highest BCUT2D eigenvalue weighted by Crippen LogP contribution is 2.12. The minimum absolute atomic E-state index is 0.188. The summed E-state index contributed by atoms with van der Waals surface area (Å²) in [4.78, 5) is 15.3. The molecule has 29 heavy (non-hydrogen) atoms. The van der Waals surface area contributed by atoms with Crippen LogP contribution in [-0.2, 0) is 17.6 Å². The minimum Gasteiger partial charge on any atom is -0.349 e. The molecule has 0 aromatic heterocycles. The summed E-state index contributed by atoms with van der Waals surface area (Å²) >= 11 is 0. The van der Waals surface area contributed by atoms with Crippen molar-refractivity contribution < 1.29 is 4.79 Å². The predicted octanol–water partition coefficient (Wildman–Crippen LogP) is 5.12. The first-order valence-corrected chi connectivity index (χ1v) is 10.6. The number of rotatable bonds is 7. The van der Waals surface area contributed by atoms with E-state index < -0.39 is 0 Å². The zero-order chi connectivity index (χ0) is 22.0. The average Bonchev–Trinajstić information content (AvgIpc) is 2.65. The Kier molecular flexibility index (Phi) is 10.7. The number of nitrogens with zero attached hydrogens (tertiary/aromatic N) is 2. The van der Waals surface area contributed by atoms with Gasteiger partial charge in [-0.2, -0.15) is 0 Å². The molecule has 3 heteroatoms. The third-order valence-corrected chi connectivity index (χ3v) is 5.34. The van der Waals surface area contributed by atoms with Gasteiger partial charge < -0.3 is 9.80 Å². The fourth-order valence-corrected chi connectivity index (χ4v) is 2.99. The van der Waals surface area contributed by atoms with Gasteiger partial charge in [0.05, 0.1) is 0 Å². The number of hydrogen-bond acceptors (Lipinski definition) is 2. The van der Waals surface area contributed by atoms with E-state index in [1.807, 2.05) is 0 Å². The Hall–Kier alpha value is -2.13. The Balaban J connectivity index is 0.000000291. The van der Waals surface area contributed by atoms with Crippen LogP contribution in [-0.4, -0.2) is 50.4 Å². The summed E-state index contributed by atoms with van der Waals surface area (Å²) < 4.78 is 0. The number of hydrogen-bond donors (Lipinski definition) is 0. The fourth-order valence-electron chi connectivity index (χ4n) is 2.99. The Labute approximate surface area is 178 Å². The van der Waals surface area contributed by atoms with Crippen molar-refractivity contribution in [3.05, 3.63) is 69.8 Å². The van der Waals surface area contributed by atoms with E-state index in [2.05, 4.69) is 83.1 Å². The molecule has 2 aromatic carbocycles. The molecule has 0 spiro atoms. The lowest BCUT2D eigenvalue weighted by atomic mass is 10.0. The first kappa shape index (κ1) is 24.9. The minimum atomic E-state index is 0.188. The highest BCUT2D eigenvalue weighted by atomic mass is 16.2. The standard InChI is InChI=1S/C13H19NO.C13H21N/c1-10-5-6-12(9-11(10)2)7-8-13(15)14(3)4;1-11-7-8-13(10-12(11)2)6-5-9-14(3)4/h5-6,9H,7-8H2,1-4H3;7-8,10H,5-6,9H2,1-4H3.